The van der Waals surface area contributed by atoms with Crippen molar-refractivity contribution in [2.45, 2.75) is 26.2 Å². The number of aromatic nitrogens is 2. The number of hydrogen-bond donors (Lipinski definition) is 1. The van der Waals surface area contributed by atoms with E-state index in [9.17, 15) is 4.79 Å². The number of rotatable bonds is 5. The molecular formula is C18H24N4O2. The predicted octanol–water partition coefficient (Wildman–Crippen LogP) is 2.54. The molecule has 1 aliphatic rings. The summed E-state index contributed by atoms with van der Waals surface area (Å²) in [7, 11) is 1.95. The minimum Gasteiger partial charge on any atom is -0.338 e. The Bertz CT molecular complexity index is 711. The van der Waals surface area contributed by atoms with E-state index >= 15 is 0 Å². The molecule has 0 bridgehead atoms. The van der Waals surface area contributed by atoms with E-state index < -0.39 is 0 Å². The van der Waals surface area contributed by atoms with Crippen LogP contribution in [0.15, 0.2) is 28.8 Å². The number of nitrogens with one attached hydrogen (secondary N) is 1. The van der Waals surface area contributed by atoms with E-state index in [0.29, 0.717) is 28.8 Å². The van der Waals surface area contributed by atoms with E-state index in [1.54, 1.807) is 0 Å². The summed E-state index contributed by atoms with van der Waals surface area (Å²) in [5, 5.41) is 7.20. The summed E-state index contributed by atoms with van der Waals surface area (Å²) in [6, 6.07) is 7.46. The molecule has 24 heavy (non-hydrogen) atoms. The third-order valence-electron chi connectivity index (χ3n) is 4.41. The van der Waals surface area contributed by atoms with Crippen LogP contribution in [0.3, 0.4) is 0 Å². The molecule has 1 aliphatic heterocycles. The van der Waals surface area contributed by atoms with Gasteiger partial charge in [-0.1, -0.05) is 31.1 Å². The highest BCUT2D eigenvalue weighted by Crippen LogP contribution is 2.26. The van der Waals surface area contributed by atoms with Gasteiger partial charge in [-0.05, 0) is 38.1 Å². The normalized spacial score (nSPS) is 17.7. The summed E-state index contributed by atoms with van der Waals surface area (Å²) < 4.78 is 5.38. The van der Waals surface area contributed by atoms with Crippen molar-refractivity contribution >= 4 is 5.91 Å². The van der Waals surface area contributed by atoms with Crippen molar-refractivity contribution < 1.29 is 9.32 Å². The van der Waals surface area contributed by atoms with Gasteiger partial charge in [-0.3, -0.25) is 4.79 Å². The molecule has 0 radical (unpaired) electrons. The molecule has 1 amide bonds. The zero-order valence-electron chi connectivity index (χ0n) is 14.5. The first-order valence-corrected chi connectivity index (χ1v) is 8.47. The number of nitrogens with zero attached hydrogens (tertiary/aromatic N) is 3. The van der Waals surface area contributed by atoms with E-state index in [2.05, 4.69) is 15.5 Å². The Hall–Kier alpha value is -2.21. The molecular weight excluding hydrogens is 304 g/mol. The quantitative estimate of drug-likeness (QED) is 0.913. The van der Waals surface area contributed by atoms with Gasteiger partial charge in [0.15, 0.2) is 5.82 Å². The first kappa shape index (κ1) is 16.6. The summed E-state index contributed by atoms with van der Waals surface area (Å²) in [6.07, 6.45) is 1.03. The van der Waals surface area contributed by atoms with Crippen LogP contribution >= 0.6 is 0 Å². The molecule has 2 aromatic rings. The van der Waals surface area contributed by atoms with Crippen molar-refractivity contribution in [1.29, 1.82) is 0 Å². The van der Waals surface area contributed by atoms with Gasteiger partial charge in [0.2, 0.25) is 0 Å². The van der Waals surface area contributed by atoms with Gasteiger partial charge in [-0.25, -0.2) is 0 Å². The van der Waals surface area contributed by atoms with Crippen LogP contribution in [0, 0.1) is 5.92 Å². The number of benzene rings is 1. The number of likely N-dealkylation sites (tertiary alicyclic amines) is 1. The molecule has 1 aromatic heterocycles. The molecule has 1 N–H and O–H groups in total. The Morgan fingerprint density at radius 2 is 2.21 bits per heavy atom. The molecule has 0 spiro atoms. The molecule has 0 saturated carbocycles. The molecule has 1 saturated heterocycles. The highest BCUT2D eigenvalue weighted by atomic mass is 16.5. The monoisotopic (exact) mass is 328 g/mol. The fourth-order valence-electron chi connectivity index (χ4n) is 3.08. The Balaban J connectivity index is 1.85. The first-order valence-electron chi connectivity index (χ1n) is 8.47. The van der Waals surface area contributed by atoms with Gasteiger partial charge in [-0.15, -0.1) is 0 Å². The highest BCUT2D eigenvalue weighted by molar-refractivity contribution is 6.00. The number of amides is 1. The maximum absolute atomic E-state index is 12.9. The lowest BCUT2D eigenvalue weighted by Crippen LogP contribution is -2.30. The zero-order valence-corrected chi connectivity index (χ0v) is 14.5. The molecule has 0 unspecified atom stereocenters. The lowest BCUT2D eigenvalue weighted by molar-refractivity contribution is 0.0787. The van der Waals surface area contributed by atoms with Gasteiger partial charge in [0.05, 0.1) is 11.1 Å². The van der Waals surface area contributed by atoms with Crippen LogP contribution in [0.5, 0.6) is 0 Å². The van der Waals surface area contributed by atoms with E-state index in [1.165, 1.54) is 0 Å². The van der Waals surface area contributed by atoms with Gasteiger partial charge in [0.25, 0.3) is 11.8 Å². The Morgan fingerprint density at radius 3 is 2.92 bits per heavy atom. The highest BCUT2D eigenvalue weighted by Gasteiger charge is 2.28. The molecule has 1 aromatic carbocycles. The summed E-state index contributed by atoms with van der Waals surface area (Å²) in [5.41, 5.74) is 1.33. The van der Waals surface area contributed by atoms with Crippen LogP contribution in [0.1, 0.15) is 42.4 Å². The molecule has 1 atom stereocenters. The summed E-state index contributed by atoms with van der Waals surface area (Å²) in [6.45, 7) is 6.54. The molecule has 128 valence electrons. The topological polar surface area (TPSA) is 71.3 Å². The minimum atomic E-state index is 0.0356. The summed E-state index contributed by atoms with van der Waals surface area (Å²) in [5.74, 6) is 1.80. The molecule has 1 fully saturated rings. The van der Waals surface area contributed by atoms with Crippen molar-refractivity contribution in [3.05, 3.63) is 35.7 Å². The average molecular weight is 328 g/mol. The lowest BCUT2D eigenvalue weighted by Gasteiger charge is -2.17. The first-order chi connectivity index (χ1) is 11.6. The van der Waals surface area contributed by atoms with Gasteiger partial charge >= 0.3 is 0 Å². The van der Waals surface area contributed by atoms with E-state index in [1.807, 2.05) is 50.1 Å². The van der Waals surface area contributed by atoms with E-state index in [0.717, 1.165) is 26.1 Å². The maximum atomic E-state index is 12.9. The van der Waals surface area contributed by atoms with Crippen molar-refractivity contribution in [3.8, 4) is 11.5 Å². The van der Waals surface area contributed by atoms with Crippen LogP contribution < -0.4 is 5.32 Å². The molecule has 3 rings (SSSR count). The number of carbonyl (C=O) groups is 1. The second kappa shape index (κ2) is 7.13. The van der Waals surface area contributed by atoms with Gasteiger partial charge in [0, 0.05) is 19.0 Å². The van der Waals surface area contributed by atoms with E-state index in [-0.39, 0.29) is 11.8 Å². The Kier molecular flexibility index (Phi) is 4.94. The summed E-state index contributed by atoms with van der Waals surface area (Å²) in [4.78, 5) is 19.3. The molecule has 6 heteroatoms. The largest absolute Gasteiger partial charge is 0.338 e. The molecule has 6 nitrogen and oxygen atoms in total. The Labute approximate surface area is 142 Å². The lowest BCUT2D eigenvalue weighted by atomic mass is 10.1. The maximum Gasteiger partial charge on any atom is 0.258 e. The number of hydrogen-bond acceptors (Lipinski definition) is 5. The van der Waals surface area contributed by atoms with Crippen LogP contribution in [-0.4, -0.2) is 47.6 Å². The third-order valence-corrected chi connectivity index (χ3v) is 4.41. The van der Waals surface area contributed by atoms with Crippen LogP contribution in [-0.2, 0) is 0 Å². The SMILES string of the molecule is CNC[C@H]1CCN(C(=O)c2ccccc2-c2nc(C(C)C)no2)C1. The second-order valence-corrected chi connectivity index (χ2v) is 6.62. The van der Waals surface area contributed by atoms with Crippen molar-refractivity contribution in [2.24, 2.45) is 5.92 Å². The van der Waals surface area contributed by atoms with Gasteiger partial charge in [0.1, 0.15) is 0 Å². The fourth-order valence-corrected chi connectivity index (χ4v) is 3.08. The van der Waals surface area contributed by atoms with Crippen molar-refractivity contribution in [3.63, 3.8) is 0 Å². The third kappa shape index (κ3) is 3.33. The smallest absolute Gasteiger partial charge is 0.258 e. The van der Waals surface area contributed by atoms with Gasteiger partial charge < -0.3 is 14.7 Å². The fraction of sp³-hybridized carbons (Fsp3) is 0.500. The molecule has 2 heterocycles. The number of carbonyl (C=O) groups excluding carboxylic acids is 1. The van der Waals surface area contributed by atoms with Crippen LogP contribution in [0.25, 0.3) is 11.5 Å². The Morgan fingerprint density at radius 1 is 1.42 bits per heavy atom. The van der Waals surface area contributed by atoms with Gasteiger partial charge in [-0.2, -0.15) is 4.98 Å². The van der Waals surface area contributed by atoms with E-state index in [4.69, 9.17) is 4.52 Å². The zero-order chi connectivity index (χ0) is 17.1. The van der Waals surface area contributed by atoms with Crippen molar-refractivity contribution in [2.75, 3.05) is 26.7 Å². The molecule has 0 aliphatic carbocycles. The van der Waals surface area contributed by atoms with Crippen LogP contribution in [0.4, 0.5) is 0 Å². The average Bonchev–Trinajstić information content (AvgIpc) is 3.24. The predicted molar refractivity (Wildman–Crippen MR) is 91.8 cm³/mol. The summed E-state index contributed by atoms with van der Waals surface area (Å²) >= 11 is 0. The van der Waals surface area contributed by atoms with Crippen LogP contribution in [0.2, 0.25) is 0 Å². The minimum absolute atomic E-state index is 0.0356. The standard InChI is InChI=1S/C18H24N4O2/c1-12(2)16-20-17(24-21-16)14-6-4-5-7-15(14)18(23)22-9-8-13(11-22)10-19-3/h4-7,12-13,19H,8-11H2,1-3H3/t13-/m1/s1. The van der Waals surface area contributed by atoms with Crippen molar-refractivity contribution in [1.82, 2.24) is 20.4 Å². The second-order valence-electron chi connectivity index (χ2n) is 6.62.